The second-order valence-electron chi connectivity index (χ2n) is 4.08. The largest absolute Gasteiger partial charge is 0.259 e. The molecule has 0 aromatic rings. The van der Waals surface area contributed by atoms with Gasteiger partial charge in [-0.25, -0.2) is 0 Å². The van der Waals surface area contributed by atoms with Crippen LogP contribution in [-0.2, 0) is 10.8 Å². The molecule has 0 saturated carbocycles. The summed E-state index contributed by atoms with van der Waals surface area (Å²) < 4.78 is 11.3. The summed E-state index contributed by atoms with van der Waals surface area (Å²) in [6.07, 6.45) is 2.32. The molecule has 1 aliphatic rings. The van der Waals surface area contributed by atoms with E-state index in [2.05, 4.69) is 20.8 Å². The van der Waals surface area contributed by atoms with Gasteiger partial charge in [-0.15, -0.1) is 0 Å². The summed E-state index contributed by atoms with van der Waals surface area (Å²) in [4.78, 5) is 0. The van der Waals surface area contributed by atoms with Crippen LogP contribution in [-0.4, -0.2) is 15.2 Å². The lowest BCUT2D eigenvalue weighted by Gasteiger charge is -2.25. The molecule has 2 heteroatoms. The van der Waals surface area contributed by atoms with Gasteiger partial charge < -0.3 is 0 Å². The molecule has 0 aromatic heterocycles. The zero-order valence-corrected chi connectivity index (χ0v) is 7.83. The number of hydrogen-bond acceptors (Lipinski definition) is 1. The predicted octanol–water partition coefficient (Wildman–Crippen LogP) is 1.94. The molecule has 1 rings (SSSR count). The van der Waals surface area contributed by atoms with Crippen molar-refractivity contribution in [3.8, 4) is 0 Å². The lowest BCUT2D eigenvalue weighted by atomic mass is 9.89. The first-order valence-electron chi connectivity index (χ1n) is 3.89. The molecule has 0 unspecified atom stereocenters. The quantitative estimate of drug-likeness (QED) is 0.529. The van der Waals surface area contributed by atoms with E-state index in [1.165, 1.54) is 0 Å². The van der Waals surface area contributed by atoms with Crippen molar-refractivity contribution < 1.29 is 4.21 Å². The van der Waals surface area contributed by atoms with Gasteiger partial charge in [0.25, 0.3) is 0 Å². The van der Waals surface area contributed by atoms with Crippen molar-refractivity contribution in [3.05, 3.63) is 0 Å². The summed E-state index contributed by atoms with van der Waals surface area (Å²) in [5, 5.41) is 0.451. The Balaban J connectivity index is 2.64. The fourth-order valence-electron chi connectivity index (χ4n) is 1.51. The number of hydrogen-bond donors (Lipinski definition) is 0. The molecule has 1 heterocycles. The van der Waals surface area contributed by atoms with Crippen molar-refractivity contribution in [3.63, 3.8) is 0 Å². The van der Waals surface area contributed by atoms with Gasteiger partial charge in [0.15, 0.2) is 0 Å². The Kier molecular flexibility index (Phi) is 2.18. The zero-order chi connectivity index (χ0) is 7.78. The fraction of sp³-hybridized carbons (Fsp3) is 1.00. The van der Waals surface area contributed by atoms with E-state index in [0.29, 0.717) is 5.25 Å². The molecule has 0 N–H and O–H groups in total. The molecule has 0 aliphatic carbocycles. The van der Waals surface area contributed by atoms with Crippen molar-refractivity contribution in [2.45, 2.75) is 38.9 Å². The minimum atomic E-state index is -0.530. The van der Waals surface area contributed by atoms with Crippen LogP contribution < -0.4 is 0 Å². The van der Waals surface area contributed by atoms with E-state index in [9.17, 15) is 4.21 Å². The van der Waals surface area contributed by atoms with E-state index in [-0.39, 0.29) is 5.41 Å². The normalized spacial score (nSPS) is 34.7. The van der Waals surface area contributed by atoms with Gasteiger partial charge in [-0.05, 0) is 18.3 Å². The van der Waals surface area contributed by atoms with Crippen molar-refractivity contribution >= 4 is 10.8 Å². The molecular weight excluding hydrogens is 144 g/mol. The lowest BCUT2D eigenvalue weighted by Crippen LogP contribution is -2.26. The van der Waals surface area contributed by atoms with Crippen LogP contribution >= 0.6 is 0 Å². The smallest absolute Gasteiger partial charge is 0.0396 e. The Bertz CT molecular complexity index is 146. The highest BCUT2D eigenvalue weighted by molar-refractivity contribution is 7.85. The van der Waals surface area contributed by atoms with Crippen LogP contribution in [0.3, 0.4) is 0 Å². The SMILES string of the molecule is CC(C)(C)[C@H]1CCC[S@@]1=O. The maximum atomic E-state index is 11.3. The first kappa shape index (κ1) is 8.25. The van der Waals surface area contributed by atoms with Crippen LogP contribution in [0.2, 0.25) is 0 Å². The summed E-state index contributed by atoms with van der Waals surface area (Å²) >= 11 is 0. The standard InChI is InChI=1S/C8H16OS/c1-8(2,3)7-5-4-6-10(7)9/h7H,4-6H2,1-3H3/t7-,10+/m1/s1. The van der Waals surface area contributed by atoms with Gasteiger partial charge in [0.2, 0.25) is 0 Å². The summed E-state index contributed by atoms with van der Waals surface area (Å²) in [6, 6.07) is 0. The lowest BCUT2D eigenvalue weighted by molar-refractivity contribution is 0.382. The molecule has 10 heavy (non-hydrogen) atoms. The van der Waals surface area contributed by atoms with Crippen LogP contribution in [0.4, 0.5) is 0 Å². The van der Waals surface area contributed by atoms with E-state index < -0.39 is 10.8 Å². The average molecular weight is 160 g/mol. The Morgan fingerprint density at radius 3 is 2.20 bits per heavy atom. The summed E-state index contributed by atoms with van der Waals surface area (Å²) in [5.74, 6) is 0.932. The van der Waals surface area contributed by atoms with Gasteiger partial charge in [0.05, 0.1) is 0 Å². The molecule has 1 fully saturated rings. The second kappa shape index (κ2) is 2.65. The van der Waals surface area contributed by atoms with Gasteiger partial charge in [-0.1, -0.05) is 20.8 Å². The average Bonchev–Trinajstić information content (AvgIpc) is 2.11. The Morgan fingerprint density at radius 1 is 1.40 bits per heavy atom. The monoisotopic (exact) mass is 160 g/mol. The fourth-order valence-corrected chi connectivity index (χ4v) is 3.47. The van der Waals surface area contributed by atoms with E-state index in [4.69, 9.17) is 0 Å². The highest BCUT2D eigenvalue weighted by atomic mass is 32.2. The van der Waals surface area contributed by atoms with Gasteiger partial charge in [0, 0.05) is 21.8 Å². The summed E-state index contributed by atoms with van der Waals surface area (Å²) in [6.45, 7) is 6.54. The van der Waals surface area contributed by atoms with Crippen LogP contribution in [0, 0.1) is 5.41 Å². The molecule has 1 nitrogen and oxygen atoms in total. The zero-order valence-electron chi connectivity index (χ0n) is 7.02. The van der Waals surface area contributed by atoms with Gasteiger partial charge in [-0.2, -0.15) is 0 Å². The van der Waals surface area contributed by atoms with Crippen LogP contribution in [0.25, 0.3) is 0 Å². The van der Waals surface area contributed by atoms with Crippen LogP contribution in [0.1, 0.15) is 33.6 Å². The maximum absolute atomic E-state index is 11.3. The minimum absolute atomic E-state index is 0.251. The third kappa shape index (κ3) is 1.60. The van der Waals surface area contributed by atoms with Crippen LogP contribution in [0.5, 0.6) is 0 Å². The highest BCUT2D eigenvalue weighted by Crippen LogP contribution is 2.32. The molecule has 0 bridgehead atoms. The molecule has 0 spiro atoms. The molecule has 1 saturated heterocycles. The third-order valence-corrected chi connectivity index (χ3v) is 4.36. The summed E-state index contributed by atoms with van der Waals surface area (Å²) in [7, 11) is -0.530. The molecule has 0 aromatic carbocycles. The topological polar surface area (TPSA) is 17.1 Å². The van der Waals surface area contributed by atoms with E-state index in [0.717, 1.165) is 18.6 Å². The third-order valence-electron chi connectivity index (χ3n) is 2.10. The van der Waals surface area contributed by atoms with Gasteiger partial charge in [-0.3, -0.25) is 4.21 Å². The minimum Gasteiger partial charge on any atom is -0.259 e. The highest BCUT2D eigenvalue weighted by Gasteiger charge is 2.33. The second-order valence-corrected chi connectivity index (χ2v) is 5.82. The van der Waals surface area contributed by atoms with Gasteiger partial charge >= 0.3 is 0 Å². The van der Waals surface area contributed by atoms with Crippen molar-refractivity contribution in [2.75, 3.05) is 5.75 Å². The molecule has 0 radical (unpaired) electrons. The Morgan fingerprint density at radius 2 is 2.00 bits per heavy atom. The molecule has 1 aliphatic heterocycles. The summed E-state index contributed by atoms with van der Waals surface area (Å²) in [5.41, 5.74) is 0.251. The van der Waals surface area contributed by atoms with Crippen molar-refractivity contribution in [1.82, 2.24) is 0 Å². The Hall–Kier alpha value is 0.150. The first-order chi connectivity index (χ1) is 4.52. The first-order valence-corrected chi connectivity index (χ1v) is 5.27. The van der Waals surface area contributed by atoms with Crippen molar-refractivity contribution in [2.24, 2.45) is 5.41 Å². The van der Waals surface area contributed by atoms with E-state index in [1.54, 1.807) is 0 Å². The molecule has 0 amide bonds. The molecular formula is C8H16OS. The van der Waals surface area contributed by atoms with Gasteiger partial charge in [0.1, 0.15) is 0 Å². The van der Waals surface area contributed by atoms with Crippen molar-refractivity contribution in [1.29, 1.82) is 0 Å². The molecule has 2 atom stereocenters. The Labute approximate surface area is 65.7 Å². The van der Waals surface area contributed by atoms with Crippen LogP contribution in [0.15, 0.2) is 0 Å². The number of rotatable bonds is 0. The predicted molar refractivity (Wildman–Crippen MR) is 45.5 cm³/mol. The van der Waals surface area contributed by atoms with E-state index in [1.807, 2.05) is 0 Å². The molecule has 60 valence electrons. The maximum Gasteiger partial charge on any atom is 0.0396 e. The van der Waals surface area contributed by atoms with E-state index >= 15 is 0 Å².